The molecule has 1 heterocycles. The average Bonchev–Trinajstić information content (AvgIpc) is 3.29. The summed E-state index contributed by atoms with van der Waals surface area (Å²) in [6, 6.07) is 5.75. The number of aryl methyl sites for hydroxylation is 1. The van der Waals surface area contributed by atoms with Gasteiger partial charge in [0.25, 0.3) is 0 Å². The summed E-state index contributed by atoms with van der Waals surface area (Å²) in [5.41, 5.74) is 2.87. The Morgan fingerprint density at radius 3 is 2.75 bits per heavy atom. The molecule has 1 fully saturated rings. The molecule has 1 saturated carbocycles. The predicted molar refractivity (Wildman–Crippen MR) is 82.6 cm³/mol. The minimum atomic E-state index is -0.173. The molecule has 20 heavy (non-hydrogen) atoms. The van der Waals surface area contributed by atoms with Crippen molar-refractivity contribution in [2.45, 2.75) is 37.4 Å². The number of amides is 1. The number of carbonyl (C=O) groups excluding carboxylic acids is 2. The molecule has 1 aromatic rings. The lowest BCUT2D eigenvalue weighted by Crippen LogP contribution is -2.36. The van der Waals surface area contributed by atoms with Gasteiger partial charge in [-0.05, 0) is 56.4 Å². The number of hydrogen-bond acceptors (Lipinski definition) is 2. The molecule has 1 unspecified atom stereocenters. The zero-order valence-electron chi connectivity index (χ0n) is 11.6. The van der Waals surface area contributed by atoms with Gasteiger partial charge < -0.3 is 4.90 Å². The predicted octanol–water partition coefficient (Wildman–Crippen LogP) is 3.34. The van der Waals surface area contributed by atoms with Crippen LogP contribution < -0.4 is 4.90 Å². The van der Waals surface area contributed by atoms with Crippen LogP contribution in [-0.2, 0) is 11.2 Å². The lowest BCUT2D eigenvalue weighted by molar-refractivity contribution is -0.119. The molecule has 3 nitrogen and oxygen atoms in total. The lowest BCUT2D eigenvalue weighted by Gasteiger charge is -2.30. The maximum absolute atomic E-state index is 12.3. The fourth-order valence-electron chi connectivity index (χ4n) is 2.76. The van der Waals surface area contributed by atoms with Crippen LogP contribution in [0.2, 0.25) is 0 Å². The molecule has 0 radical (unpaired) electrons. The summed E-state index contributed by atoms with van der Waals surface area (Å²) in [6.07, 6.45) is 3.99. The SMILES string of the molecule is CC(Br)C(=O)c1ccc2c(c1)CCCN2C(=O)C1CC1. The first kappa shape index (κ1) is 13.8. The Balaban J connectivity index is 1.91. The van der Waals surface area contributed by atoms with Gasteiger partial charge in [-0.15, -0.1) is 0 Å². The monoisotopic (exact) mass is 335 g/mol. The molecule has 0 bridgehead atoms. The van der Waals surface area contributed by atoms with E-state index in [-0.39, 0.29) is 22.4 Å². The number of ketones is 1. The molecule has 2 aliphatic rings. The molecule has 4 heteroatoms. The molecule has 1 aliphatic carbocycles. The lowest BCUT2D eigenvalue weighted by atomic mass is 9.97. The van der Waals surface area contributed by atoms with Crippen molar-refractivity contribution in [3.8, 4) is 0 Å². The molecule has 3 rings (SSSR count). The number of Topliss-reactive ketones (excluding diaryl/α,β-unsaturated/α-hetero) is 1. The third-order valence-electron chi connectivity index (χ3n) is 4.04. The number of alkyl halides is 1. The van der Waals surface area contributed by atoms with E-state index < -0.39 is 0 Å². The number of hydrogen-bond donors (Lipinski definition) is 0. The highest BCUT2D eigenvalue weighted by Crippen LogP contribution is 2.36. The summed E-state index contributed by atoms with van der Waals surface area (Å²) >= 11 is 3.32. The molecule has 1 atom stereocenters. The Morgan fingerprint density at radius 1 is 1.35 bits per heavy atom. The van der Waals surface area contributed by atoms with Gasteiger partial charge in [0.15, 0.2) is 5.78 Å². The van der Waals surface area contributed by atoms with E-state index in [2.05, 4.69) is 15.9 Å². The van der Waals surface area contributed by atoms with Gasteiger partial charge in [0, 0.05) is 23.7 Å². The smallest absolute Gasteiger partial charge is 0.230 e. The summed E-state index contributed by atoms with van der Waals surface area (Å²) in [5.74, 6) is 0.599. The molecular formula is C16H18BrNO2. The van der Waals surface area contributed by atoms with E-state index in [0.717, 1.165) is 49.0 Å². The van der Waals surface area contributed by atoms with Crippen LogP contribution >= 0.6 is 15.9 Å². The van der Waals surface area contributed by atoms with Crippen molar-refractivity contribution >= 4 is 33.3 Å². The van der Waals surface area contributed by atoms with E-state index in [9.17, 15) is 9.59 Å². The zero-order valence-corrected chi connectivity index (χ0v) is 13.1. The van der Waals surface area contributed by atoms with E-state index in [1.165, 1.54) is 0 Å². The Kier molecular flexibility index (Phi) is 3.67. The minimum Gasteiger partial charge on any atom is -0.312 e. The Hall–Kier alpha value is -1.16. The van der Waals surface area contributed by atoms with Crippen LogP contribution in [0, 0.1) is 5.92 Å². The Bertz CT molecular complexity index is 564. The zero-order chi connectivity index (χ0) is 14.3. The Labute approximate surface area is 127 Å². The van der Waals surface area contributed by atoms with Crippen molar-refractivity contribution in [3.63, 3.8) is 0 Å². The Morgan fingerprint density at radius 2 is 2.10 bits per heavy atom. The first-order chi connectivity index (χ1) is 9.58. The van der Waals surface area contributed by atoms with Crippen LogP contribution in [0.1, 0.15) is 42.1 Å². The van der Waals surface area contributed by atoms with Gasteiger partial charge in [-0.3, -0.25) is 9.59 Å². The maximum atomic E-state index is 12.3. The molecule has 0 aromatic heterocycles. The van der Waals surface area contributed by atoms with Crippen molar-refractivity contribution in [1.29, 1.82) is 0 Å². The fraction of sp³-hybridized carbons (Fsp3) is 0.500. The summed E-state index contributed by atoms with van der Waals surface area (Å²) in [4.78, 5) is 26.1. The van der Waals surface area contributed by atoms with Crippen molar-refractivity contribution in [1.82, 2.24) is 0 Å². The van der Waals surface area contributed by atoms with E-state index >= 15 is 0 Å². The van der Waals surface area contributed by atoms with Crippen LogP contribution in [0.25, 0.3) is 0 Å². The number of fused-ring (bicyclic) bond motifs is 1. The first-order valence-corrected chi connectivity index (χ1v) is 8.12. The largest absolute Gasteiger partial charge is 0.312 e. The second-order valence-corrected chi connectivity index (χ2v) is 7.06. The average molecular weight is 336 g/mol. The third kappa shape index (κ3) is 2.53. The van der Waals surface area contributed by atoms with Crippen LogP contribution in [0.4, 0.5) is 5.69 Å². The number of halogens is 1. The first-order valence-electron chi connectivity index (χ1n) is 7.20. The quantitative estimate of drug-likeness (QED) is 0.627. The molecular weight excluding hydrogens is 318 g/mol. The van der Waals surface area contributed by atoms with Crippen molar-refractivity contribution in [2.75, 3.05) is 11.4 Å². The number of carbonyl (C=O) groups is 2. The van der Waals surface area contributed by atoms with Crippen LogP contribution in [-0.4, -0.2) is 23.1 Å². The minimum absolute atomic E-state index is 0.0958. The molecule has 1 aliphatic heterocycles. The number of nitrogens with zero attached hydrogens (tertiary/aromatic N) is 1. The van der Waals surface area contributed by atoms with Gasteiger partial charge in [-0.2, -0.15) is 0 Å². The number of rotatable bonds is 3. The maximum Gasteiger partial charge on any atom is 0.230 e. The van der Waals surface area contributed by atoms with Crippen LogP contribution in [0.15, 0.2) is 18.2 Å². The summed E-state index contributed by atoms with van der Waals surface area (Å²) in [7, 11) is 0. The van der Waals surface area contributed by atoms with E-state index in [1.807, 2.05) is 30.0 Å². The summed E-state index contributed by atoms with van der Waals surface area (Å²) < 4.78 is 0. The molecule has 0 N–H and O–H groups in total. The highest BCUT2D eigenvalue weighted by Gasteiger charge is 2.35. The van der Waals surface area contributed by atoms with Gasteiger partial charge in [-0.25, -0.2) is 0 Å². The summed E-state index contributed by atoms with van der Waals surface area (Å²) in [6.45, 7) is 2.65. The van der Waals surface area contributed by atoms with Gasteiger partial charge in [-0.1, -0.05) is 15.9 Å². The van der Waals surface area contributed by atoms with Gasteiger partial charge in [0.05, 0.1) is 4.83 Å². The normalized spacial score (nSPS) is 19.4. The molecule has 1 amide bonds. The molecule has 0 spiro atoms. The summed E-state index contributed by atoms with van der Waals surface area (Å²) in [5, 5.41) is 0. The second kappa shape index (κ2) is 5.32. The van der Waals surface area contributed by atoms with Crippen molar-refractivity contribution in [3.05, 3.63) is 29.3 Å². The second-order valence-electron chi connectivity index (χ2n) is 5.69. The number of anilines is 1. The standard InChI is InChI=1S/C16H18BrNO2/c1-10(17)15(19)13-6-7-14-12(9-13)3-2-8-18(14)16(20)11-4-5-11/h6-7,9-11H,2-5,8H2,1H3. The highest BCUT2D eigenvalue weighted by molar-refractivity contribution is 9.10. The van der Waals surface area contributed by atoms with E-state index in [4.69, 9.17) is 0 Å². The van der Waals surface area contributed by atoms with Gasteiger partial charge >= 0.3 is 0 Å². The van der Waals surface area contributed by atoms with Crippen LogP contribution in [0.3, 0.4) is 0 Å². The number of benzene rings is 1. The fourth-order valence-corrected chi connectivity index (χ4v) is 3.02. The highest BCUT2D eigenvalue weighted by atomic mass is 79.9. The van der Waals surface area contributed by atoms with E-state index in [0.29, 0.717) is 0 Å². The van der Waals surface area contributed by atoms with Gasteiger partial charge in [0.1, 0.15) is 0 Å². The van der Waals surface area contributed by atoms with Crippen molar-refractivity contribution in [2.24, 2.45) is 5.92 Å². The third-order valence-corrected chi connectivity index (χ3v) is 4.45. The molecule has 0 saturated heterocycles. The van der Waals surface area contributed by atoms with Crippen molar-refractivity contribution < 1.29 is 9.59 Å². The van der Waals surface area contributed by atoms with Crippen LogP contribution in [0.5, 0.6) is 0 Å². The topological polar surface area (TPSA) is 37.4 Å². The molecule has 1 aromatic carbocycles. The van der Waals surface area contributed by atoms with E-state index in [1.54, 1.807) is 0 Å². The van der Waals surface area contributed by atoms with Gasteiger partial charge in [0.2, 0.25) is 5.91 Å². The molecule has 106 valence electrons.